The van der Waals surface area contributed by atoms with Gasteiger partial charge in [-0.25, -0.2) is 0 Å². The average molecular weight is 518 g/mol. The molecule has 0 aromatic heterocycles. The second-order valence-corrected chi connectivity index (χ2v) is 7.26. The van der Waals surface area contributed by atoms with Crippen LogP contribution in [0, 0.1) is 0 Å². The molecular formula is C25H43NO10. The Hall–Kier alpha value is -1.83. The van der Waals surface area contributed by atoms with Crippen molar-refractivity contribution < 1.29 is 47.7 Å². The van der Waals surface area contributed by atoms with Gasteiger partial charge in [-0.15, -0.1) is 0 Å². The fraction of sp³-hybridized carbons (Fsp3) is 0.720. The number of hydrogen-bond acceptors (Lipinski definition) is 11. The largest absolute Gasteiger partial charge is 0.507 e. The Morgan fingerprint density at radius 2 is 1.06 bits per heavy atom. The monoisotopic (exact) mass is 517 g/mol. The van der Waals surface area contributed by atoms with E-state index in [1.54, 1.807) is 38.6 Å². The van der Waals surface area contributed by atoms with E-state index in [1.165, 1.54) is 0 Å². The number of ether oxygens (including phenoxy) is 9. The molecule has 0 amide bonds. The lowest BCUT2D eigenvalue weighted by Crippen LogP contribution is -2.13. The number of methoxy groups -OCH3 is 2. The standard InChI is InChI=1S/C25H43NO10/c1-28-7-9-31-13-15-33-12-11-30-6-5-26-22-23-3-4-24(21-25(23)27)36-20-19-35-18-17-34-16-14-32-10-8-29-2/h3-4,21-22,27H,5-20H2,1-2H3. The van der Waals surface area contributed by atoms with Crippen LogP contribution in [0.1, 0.15) is 5.56 Å². The summed E-state index contributed by atoms with van der Waals surface area (Å²) in [6.45, 7) is 8.13. The third-order valence-electron chi connectivity index (χ3n) is 4.45. The molecule has 1 N–H and O–H groups in total. The van der Waals surface area contributed by atoms with Crippen LogP contribution in [0.5, 0.6) is 11.5 Å². The minimum Gasteiger partial charge on any atom is -0.507 e. The Balaban J connectivity index is 1.99. The lowest BCUT2D eigenvalue weighted by Gasteiger charge is -2.09. The van der Waals surface area contributed by atoms with E-state index in [9.17, 15) is 5.11 Å². The highest BCUT2D eigenvalue weighted by atomic mass is 16.6. The molecule has 0 heterocycles. The van der Waals surface area contributed by atoms with Crippen molar-refractivity contribution in [2.24, 2.45) is 4.99 Å². The van der Waals surface area contributed by atoms with E-state index in [-0.39, 0.29) is 5.75 Å². The number of nitrogens with zero attached hydrogens (tertiary/aromatic N) is 1. The first kappa shape index (κ1) is 32.2. The van der Waals surface area contributed by atoms with Crippen molar-refractivity contribution in [2.75, 3.05) is 120 Å². The summed E-state index contributed by atoms with van der Waals surface area (Å²) < 4.78 is 47.7. The molecule has 0 bridgehead atoms. The highest BCUT2D eigenvalue weighted by molar-refractivity contribution is 5.83. The van der Waals surface area contributed by atoms with Crippen LogP contribution in [0.4, 0.5) is 0 Å². The Morgan fingerprint density at radius 3 is 1.53 bits per heavy atom. The lowest BCUT2D eigenvalue weighted by molar-refractivity contribution is 0.000158. The van der Waals surface area contributed by atoms with Gasteiger partial charge in [0.05, 0.1) is 99.0 Å². The molecule has 1 aromatic carbocycles. The Kier molecular flexibility index (Phi) is 22.2. The first-order chi connectivity index (χ1) is 17.8. The van der Waals surface area contributed by atoms with Crippen molar-refractivity contribution in [3.05, 3.63) is 23.8 Å². The topological polar surface area (TPSA) is 116 Å². The maximum atomic E-state index is 10.2. The molecule has 0 aliphatic carbocycles. The molecule has 0 radical (unpaired) electrons. The quantitative estimate of drug-likeness (QED) is 0.143. The van der Waals surface area contributed by atoms with Crippen LogP contribution in [0.25, 0.3) is 0 Å². The average Bonchev–Trinajstić information content (AvgIpc) is 2.88. The van der Waals surface area contributed by atoms with Gasteiger partial charge >= 0.3 is 0 Å². The van der Waals surface area contributed by atoms with Gasteiger partial charge in [0, 0.05) is 32.1 Å². The molecule has 0 fully saturated rings. The first-order valence-electron chi connectivity index (χ1n) is 12.2. The first-order valence-corrected chi connectivity index (χ1v) is 12.2. The number of hydrogen-bond donors (Lipinski definition) is 1. The van der Waals surface area contributed by atoms with Crippen molar-refractivity contribution in [1.82, 2.24) is 0 Å². The summed E-state index contributed by atoms with van der Waals surface area (Å²) in [4.78, 5) is 4.27. The normalized spacial score (nSPS) is 11.5. The third-order valence-corrected chi connectivity index (χ3v) is 4.45. The van der Waals surface area contributed by atoms with Crippen molar-refractivity contribution >= 4 is 6.21 Å². The Labute approximate surface area is 214 Å². The van der Waals surface area contributed by atoms with E-state index < -0.39 is 0 Å². The minimum absolute atomic E-state index is 0.0975. The van der Waals surface area contributed by atoms with Gasteiger partial charge < -0.3 is 47.7 Å². The summed E-state index contributed by atoms with van der Waals surface area (Å²) in [6, 6.07) is 5.09. The fourth-order valence-corrected chi connectivity index (χ4v) is 2.59. The van der Waals surface area contributed by atoms with Crippen LogP contribution < -0.4 is 4.74 Å². The molecule has 11 nitrogen and oxygen atoms in total. The van der Waals surface area contributed by atoms with E-state index in [2.05, 4.69) is 4.99 Å². The zero-order valence-corrected chi connectivity index (χ0v) is 21.7. The fourth-order valence-electron chi connectivity index (χ4n) is 2.59. The third kappa shape index (κ3) is 19.4. The van der Waals surface area contributed by atoms with Gasteiger partial charge in [-0.05, 0) is 12.1 Å². The van der Waals surface area contributed by atoms with E-state index in [0.29, 0.717) is 117 Å². The summed E-state index contributed by atoms with van der Waals surface area (Å²) in [5, 5.41) is 10.2. The summed E-state index contributed by atoms with van der Waals surface area (Å²) in [5.74, 6) is 0.658. The van der Waals surface area contributed by atoms with Crippen LogP contribution >= 0.6 is 0 Å². The number of aliphatic imine (C=N–C) groups is 1. The number of benzene rings is 1. The Bertz CT molecular complexity index is 647. The number of rotatable bonds is 26. The van der Waals surface area contributed by atoms with Crippen LogP contribution in [0.3, 0.4) is 0 Å². The highest BCUT2D eigenvalue weighted by Crippen LogP contribution is 2.22. The molecule has 208 valence electrons. The summed E-state index contributed by atoms with van der Waals surface area (Å²) >= 11 is 0. The molecular weight excluding hydrogens is 474 g/mol. The van der Waals surface area contributed by atoms with Gasteiger partial charge in [-0.2, -0.15) is 0 Å². The van der Waals surface area contributed by atoms with Crippen molar-refractivity contribution in [2.45, 2.75) is 0 Å². The van der Waals surface area contributed by atoms with Gasteiger partial charge in [-0.1, -0.05) is 0 Å². The molecule has 0 aliphatic rings. The Morgan fingerprint density at radius 1 is 0.611 bits per heavy atom. The molecule has 0 spiro atoms. The second kappa shape index (κ2) is 24.8. The van der Waals surface area contributed by atoms with Crippen LogP contribution in [-0.4, -0.2) is 131 Å². The molecule has 0 saturated carbocycles. The molecule has 0 atom stereocenters. The van der Waals surface area contributed by atoms with Crippen LogP contribution in [0.2, 0.25) is 0 Å². The number of phenolic OH excluding ortho intramolecular Hbond substituents is 1. The number of phenols is 1. The maximum Gasteiger partial charge on any atom is 0.128 e. The van der Waals surface area contributed by atoms with E-state index in [1.807, 2.05) is 0 Å². The molecule has 11 heteroatoms. The van der Waals surface area contributed by atoms with Crippen LogP contribution in [-0.2, 0) is 37.9 Å². The molecule has 1 rings (SSSR count). The smallest absolute Gasteiger partial charge is 0.128 e. The zero-order chi connectivity index (χ0) is 25.9. The minimum atomic E-state index is 0.0975. The van der Waals surface area contributed by atoms with Gasteiger partial charge in [0.25, 0.3) is 0 Å². The van der Waals surface area contributed by atoms with E-state index in [0.717, 1.165) is 0 Å². The van der Waals surface area contributed by atoms with Gasteiger partial charge in [0.15, 0.2) is 0 Å². The molecule has 0 saturated heterocycles. The van der Waals surface area contributed by atoms with Gasteiger partial charge in [0.2, 0.25) is 0 Å². The van der Waals surface area contributed by atoms with Gasteiger partial charge in [-0.3, -0.25) is 4.99 Å². The van der Waals surface area contributed by atoms with Crippen molar-refractivity contribution in [3.63, 3.8) is 0 Å². The summed E-state index contributed by atoms with van der Waals surface area (Å²) in [7, 11) is 3.27. The lowest BCUT2D eigenvalue weighted by atomic mass is 10.2. The molecule has 36 heavy (non-hydrogen) atoms. The molecule has 0 unspecified atom stereocenters. The second-order valence-electron chi connectivity index (χ2n) is 7.26. The maximum absolute atomic E-state index is 10.2. The van der Waals surface area contributed by atoms with Crippen molar-refractivity contribution in [3.8, 4) is 11.5 Å². The summed E-state index contributed by atoms with van der Waals surface area (Å²) in [6.07, 6.45) is 1.61. The number of aromatic hydroxyl groups is 1. The SMILES string of the molecule is COCCOCCOCCOCCN=Cc1ccc(OCCOCCOCCOCCOC)cc1O. The van der Waals surface area contributed by atoms with E-state index >= 15 is 0 Å². The highest BCUT2D eigenvalue weighted by Gasteiger charge is 2.02. The van der Waals surface area contributed by atoms with Crippen molar-refractivity contribution in [1.29, 1.82) is 0 Å². The van der Waals surface area contributed by atoms with Crippen LogP contribution in [0.15, 0.2) is 23.2 Å². The zero-order valence-electron chi connectivity index (χ0n) is 21.7. The predicted octanol–water partition coefficient (Wildman–Crippen LogP) is 1.58. The van der Waals surface area contributed by atoms with E-state index in [4.69, 9.17) is 42.6 Å². The predicted molar refractivity (Wildman–Crippen MR) is 135 cm³/mol. The van der Waals surface area contributed by atoms with Gasteiger partial charge in [0.1, 0.15) is 18.1 Å². The summed E-state index contributed by atoms with van der Waals surface area (Å²) in [5.41, 5.74) is 0.610. The molecule has 0 aliphatic heterocycles. The molecule has 1 aromatic rings.